The molecule has 0 radical (unpaired) electrons. The molecule has 1 aliphatic rings. The Morgan fingerprint density at radius 3 is 2.53 bits per heavy atom. The summed E-state index contributed by atoms with van der Waals surface area (Å²) in [5.41, 5.74) is 0. The van der Waals surface area contributed by atoms with Crippen LogP contribution in [0, 0.1) is 0 Å². The van der Waals surface area contributed by atoms with Gasteiger partial charge in [-0.15, -0.1) is 0 Å². The van der Waals surface area contributed by atoms with Crippen LogP contribution in [0.3, 0.4) is 0 Å². The highest BCUT2D eigenvalue weighted by atomic mass is 35.5. The first-order valence-electron chi connectivity index (χ1n) is 6.16. The lowest BCUT2D eigenvalue weighted by Crippen LogP contribution is -2.40. The normalized spacial score (nSPS) is 21.1. The first-order chi connectivity index (χ1) is 8.97. The Morgan fingerprint density at radius 1 is 1.16 bits per heavy atom. The van der Waals surface area contributed by atoms with Gasteiger partial charge in [-0.1, -0.05) is 29.6 Å². The molecule has 1 atom stereocenters. The minimum absolute atomic E-state index is 0.0924. The molecule has 1 aromatic rings. The van der Waals surface area contributed by atoms with Crippen molar-refractivity contribution in [3.05, 3.63) is 28.2 Å². The fourth-order valence-electron chi connectivity index (χ4n) is 2.09. The predicted octanol–water partition coefficient (Wildman–Crippen LogP) is 2.41. The first-order valence-corrected chi connectivity index (χ1v) is 8.40. The van der Waals surface area contributed by atoms with Crippen molar-refractivity contribution in [2.24, 2.45) is 0 Å². The van der Waals surface area contributed by atoms with Crippen LogP contribution in [0.5, 0.6) is 0 Å². The van der Waals surface area contributed by atoms with Crippen molar-refractivity contribution in [3.8, 4) is 0 Å². The van der Waals surface area contributed by atoms with Gasteiger partial charge in [-0.05, 0) is 37.6 Å². The summed E-state index contributed by atoms with van der Waals surface area (Å²) in [7, 11) is -3.58. The van der Waals surface area contributed by atoms with E-state index in [4.69, 9.17) is 23.2 Å². The maximum atomic E-state index is 12.3. The number of hydrogen-bond acceptors (Lipinski definition) is 3. The van der Waals surface area contributed by atoms with E-state index >= 15 is 0 Å². The van der Waals surface area contributed by atoms with Gasteiger partial charge >= 0.3 is 0 Å². The molecule has 0 bridgehead atoms. The summed E-state index contributed by atoms with van der Waals surface area (Å²) < 4.78 is 27.2. The molecule has 1 heterocycles. The largest absolute Gasteiger partial charge is 0.315 e. The molecule has 0 saturated carbocycles. The van der Waals surface area contributed by atoms with Crippen LogP contribution in [0.1, 0.15) is 19.3 Å². The zero-order valence-electron chi connectivity index (χ0n) is 10.3. The van der Waals surface area contributed by atoms with Crippen molar-refractivity contribution < 1.29 is 8.42 Å². The SMILES string of the molecule is O=S(=O)(NC1CCCCNC1)c1cc(Cl)cc(Cl)c1. The molecule has 1 aromatic carbocycles. The average Bonchev–Trinajstić information content (AvgIpc) is 2.55. The van der Waals surface area contributed by atoms with Crippen LogP contribution >= 0.6 is 23.2 Å². The van der Waals surface area contributed by atoms with E-state index < -0.39 is 10.0 Å². The minimum Gasteiger partial charge on any atom is -0.315 e. The van der Waals surface area contributed by atoms with Gasteiger partial charge in [-0.2, -0.15) is 0 Å². The number of nitrogens with one attached hydrogen (secondary N) is 2. The summed E-state index contributed by atoms with van der Waals surface area (Å²) in [6.45, 7) is 1.58. The number of rotatable bonds is 3. The van der Waals surface area contributed by atoms with Gasteiger partial charge in [0.25, 0.3) is 0 Å². The number of benzene rings is 1. The molecule has 1 aliphatic heterocycles. The van der Waals surface area contributed by atoms with Crippen LogP contribution in [0.4, 0.5) is 0 Å². The monoisotopic (exact) mass is 322 g/mol. The summed E-state index contributed by atoms with van der Waals surface area (Å²) in [6.07, 6.45) is 2.91. The van der Waals surface area contributed by atoms with E-state index in [1.807, 2.05) is 0 Å². The van der Waals surface area contributed by atoms with Crippen molar-refractivity contribution in [2.75, 3.05) is 13.1 Å². The Hall–Kier alpha value is -0.330. The molecule has 106 valence electrons. The Morgan fingerprint density at radius 2 is 1.84 bits per heavy atom. The summed E-state index contributed by atoms with van der Waals surface area (Å²) in [5, 5.41) is 3.84. The highest BCUT2D eigenvalue weighted by Crippen LogP contribution is 2.22. The van der Waals surface area contributed by atoms with Gasteiger partial charge in [0, 0.05) is 22.6 Å². The molecule has 19 heavy (non-hydrogen) atoms. The summed E-state index contributed by atoms with van der Waals surface area (Å²) >= 11 is 11.7. The number of sulfonamides is 1. The number of hydrogen-bond donors (Lipinski definition) is 2. The van der Waals surface area contributed by atoms with E-state index in [1.54, 1.807) is 0 Å². The molecule has 1 fully saturated rings. The highest BCUT2D eigenvalue weighted by molar-refractivity contribution is 7.89. The Bertz CT molecular complexity index is 520. The van der Waals surface area contributed by atoms with Crippen LogP contribution in [0.2, 0.25) is 10.0 Å². The third kappa shape index (κ3) is 4.33. The van der Waals surface area contributed by atoms with Gasteiger partial charge in [-0.25, -0.2) is 13.1 Å². The topological polar surface area (TPSA) is 58.2 Å². The lowest BCUT2D eigenvalue weighted by atomic mass is 10.2. The fourth-order valence-corrected chi connectivity index (χ4v) is 4.09. The zero-order valence-corrected chi connectivity index (χ0v) is 12.7. The van der Waals surface area contributed by atoms with Crippen LogP contribution in [-0.2, 0) is 10.0 Å². The van der Waals surface area contributed by atoms with Crippen LogP contribution in [-0.4, -0.2) is 27.5 Å². The van der Waals surface area contributed by atoms with Crippen molar-refractivity contribution in [1.29, 1.82) is 0 Å². The molecule has 7 heteroatoms. The van der Waals surface area contributed by atoms with Gasteiger partial charge in [0.15, 0.2) is 0 Å². The second-order valence-electron chi connectivity index (χ2n) is 4.62. The molecule has 0 aliphatic carbocycles. The van der Waals surface area contributed by atoms with Crippen molar-refractivity contribution in [2.45, 2.75) is 30.2 Å². The van der Waals surface area contributed by atoms with Crippen molar-refractivity contribution in [3.63, 3.8) is 0 Å². The average molecular weight is 323 g/mol. The summed E-state index contributed by atoms with van der Waals surface area (Å²) in [5.74, 6) is 0. The Kier molecular flexibility index (Phi) is 5.09. The molecule has 2 N–H and O–H groups in total. The van der Waals surface area contributed by atoms with Crippen LogP contribution in [0.15, 0.2) is 23.1 Å². The maximum absolute atomic E-state index is 12.3. The molecular formula is C12H16Cl2N2O2S. The van der Waals surface area contributed by atoms with Gasteiger partial charge in [0.2, 0.25) is 10.0 Å². The van der Waals surface area contributed by atoms with E-state index in [9.17, 15) is 8.42 Å². The van der Waals surface area contributed by atoms with E-state index in [2.05, 4.69) is 10.0 Å². The lowest BCUT2D eigenvalue weighted by molar-refractivity contribution is 0.521. The predicted molar refractivity (Wildman–Crippen MR) is 77.3 cm³/mol. The molecule has 1 saturated heterocycles. The van der Waals surface area contributed by atoms with E-state index in [1.165, 1.54) is 18.2 Å². The molecule has 2 rings (SSSR count). The third-order valence-corrected chi connectivity index (χ3v) is 4.95. The van der Waals surface area contributed by atoms with Crippen molar-refractivity contribution >= 4 is 33.2 Å². The molecular weight excluding hydrogens is 307 g/mol. The fraction of sp³-hybridized carbons (Fsp3) is 0.500. The van der Waals surface area contributed by atoms with Gasteiger partial charge in [0.05, 0.1) is 4.90 Å². The lowest BCUT2D eigenvalue weighted by Gasteiger charge is -2.16. The highest BCUT2D eigenvalue weighted by Gasteiger charge is 2.21. The molecule has 0 spiro atoms. The Balaban J connectivity index is 2.17. The summed E-state index contributed by atoms with van der Waals surface area (Å²) in [6, 6.07) is 4.22. The quantitative estimate of drug-likeness (QED) is 0.898. The van der Waals surface area contributed by atoms with Crippen LogP contribution < -0.4 is 10.0 Å². The standard InChI is InChI=1S/C12H16Cl2N2O2S/c13-9-5-10(14)7-12(6-9)19(17,18)16-11-3-1-2-4-15-8-11/h5-7,11,15-16H,1-4,8H2. The van der Waals surface area contributed by atoms with Gasteiger partial charge in [0.1, 0.15) is 0 Å². The van der Waals surface area contributed by atoms with E-state index in [0.717, 1.165) is 25.8 Å². The summed E-state index contributed by atoms with van der Waals surface area (Å²) in [4.78, 5) is 0.106. The Labute approximate surface area is 123 Å². The van der Waals surface area contributed by atoms with Crippen molar-refractivity contribution in [1.82, 2.24) is 10.0 Å². The minimum atomic E-state index is -3.58. The molecule has 1 unspecified atom stereocenters. The van der Waals surface area contributed by atoms with E-state index in [0.29, 0.717) is 16.6 Å². The molecule has 4 nitrogen and oxygen atoms in total. The van der Waals surface area contributed by atoms with Gasteiger partial charge in [-0.3, -0.25) is 0 Å². The van der Waals surface area contributed by atoms with Gasteiger partial charge < -0.3 is 5.32 Å². The maximum Gasteiger partial charge on any atom is 0.240 e. The zero-order chi connectivity index (χ0) is 13.9. The molecule has 0 amide bonds. The second kappa shape index (κ2) is 6.41. The number of halogens is 2. The van der Waals surface area contributed by atoms with Crippen LogP contribution in [0.25, 0.3) is 0 Å². The smallest absolute Gasteiger partial charge is 0.240 e. The molecule has 0 aromatic heterocycles. The van der Waals surface area contributed by atoms with E-state index in [-0.39, 0.29) is 10.9 Å². The first kappa shape index (κ1) is 15.1. The second-order valence-corrected chi connectivity index (χ2v) is 7.21. The third-order valence-electron chi connectivity index (χ3n) is 3.02.